The summed E-state index contributed by atoms with van der Waals surface area (Å²) in [4.78, 5) is 13.1. The molecule has 3 rings (SSSR count). The Kier molecular flexibility index (Phi) is 4.45. The predicted octanol–water partition coefficient (Wildman–Crippen LogP) is 5.26. The molecule has 0 amide bonds. The first-order chi connectivity index (χ1) is 11.8. The maximum atomic E-state index is 12.9. The van der Waals surface area contributed by atoms with Gasteiger partial charge in [0.05, 0.1) is 11.1 Å². The van der Waals surface area contributed by atoms with E-state index in [2.05, 4.69) is 0 Å². The molecule has 0 spiro atoms. The third kappa shape index (κ3) is 3.95. The highest BCUT2D eigenvalue weighted by molar-refractivity contribution is 5.89. The van der Waals surface area contributed by atoms with Crippen LogP contribution in [0.4, 0.5) is 24.5 Å². The van der Waals surface area contributed by atoms with E-state index in [1.54, 1.807) is 25.1 Å². The molecule has 25 heavy (non-hydrogen) atoms. The van der Waals surface area contributed by atoms with E-state index < -0.39 is 17.7 Å². The Balaban J connectivity index is 2.01. The Labute approximate surface area is 143 Å². The molecule has 1 aliphatic rings. The molecule has 0 aliphatic heterocycles. The molecular weight excluding hydrogens is 331 g/mol. The van der Waals surface area contributed by atoms with Crippen molar-refractivity contribution in [3.05, 3.63) is 59.2 Å². The highest BCUT2D eigenvalue weighted by Crippen LogP contribution is 2.38. The van der Waals surface area contributed by atoms with Crippen LogP contribution in [-0.4, -0.2) is 17.6 Å². The Hall–Kier alpha value is -2.50. The van der Waals surface area contributed by atoms with Gasteiger partial charge in [-0.1, -0.05) is 6.07 Å². The monoisotopic (exact) mass is 349 g/mol. The van der Waals surface area contributed by atoms with Gasteiger partial charge in [0.25, 0.3) is 0 Å². The fourth-order valence-electron chi connectivity index (χ4n) is 2.84. The molecule has 2 aromatic carbocycles. The van der Waals surface area contributed by atoms with Crippen LogP contribution >= 0.6 is 0 Å². The first-order valence-electron chi connectivity index (χ1n) is 8.04. The summed E-state index contributed by atoms with van der Waals surface area (Å²) in [6.45, 7) is 2.31. The highest BCUT2D eigenvalue weighted by Gasteiger charge is 2.32. The van der Waals surface area contributed by atoms with Gasteiger partial charge in [-0.15, -0.1) is 0 Å². The number of carbonyl (C=O) groups is 1. The number of aryl methyl sites for hydroxylation is 1. The molecule has 2 aromatic rings. The van der Waals surface area contributed by atoms with E-state index in [-0.39, 0.29) is 5.56 Å². The first-order valence-corrected chi connectivity index (χ1v) is 8.04. The Morgan fingerprint density at radius 3 is 2.48 bits per heavy atom. The summed E-state index contributed by atoms with van der Waals surface area (Å²) >= 11 is 0. The number of anilines is 2. The summed E-state index contributed by atoms with van der Waals surface area (Å²) in [6.07, 6.45) is -2.22. The third-order valence-electron chi connectivity index (χ3n) is 4.36. The Morgan fingerprint density at radius 2 is 1.92 bits per heavy atom. The lowest BCUT2D eigenvalue weighted by molar-refractivity contribution is -0.137. The number of hydrogen-bond donors (Lipinski definition) is 1. The number of carboxylic acid groups (broad SMARTS) is 1. The minimum absolute atomic E-state index is 0.155. The smallest absolute Gasteiger partial charge is 0.416 e. The van der Waals surface area contributed by atoms with E-state index in [1.165, 1.54) is 12.1 Å². The topological polar surface area (TPSA) is 40.5 Å². The van der Waals surface area contributed by atoms with Gasteiger partial charge < -0.3 is 10.0 Å². The number of halogens is 3. The molecule has 0 aromatic heterocycles. The van der Waals surface area contributed by atoms with Gasteiger partial charge in [-0.05, 0) is 67.6 Å². The quantitative estimate of drug-likeness (QED) is 0.800. The van der Waals surface area contributed by atoms with E-state index >= 15 is 0 Å². The molecule has 132 valence electrons. The largest absolute Gasteiger partial charge is 0.478 e. The lowest BCUT2D eigenvalue weighted by Gasteiger charge is -2.27. The number of alkyl halides is 3. The van der Waals surface area contributed by atoms with Crippen LogP contribution in [0.25, 0.3) is 0 Å². The molecule has 3 nitrogen and oxygen atoms in total. The molecule has 0 atom stereocenters. The van der Waals surface area contributed by atoms with E-state index in [4.69, 9.17) is 0 Å². The number of aromatic carboxylic acids is 1. The van der Waals surface area contributed by atoms with Crippen molar-refractivity contribution < 1.29 is 23.1 Å². The normalized spacial score (nSPS) is 14.4. The van der Waals surface area contributed by atoms with Crippen LogP contribution in [0.3, 0.4) is 0 Å². The third-order valence-corrected chi connectivity index (χ3v) is 4.36. The minimum atomic E-state index is -4.38. The summed E-state index contributed by atoms with van der Waals surface area (Å²) in [5.41, 5.74) is 1.33. The van der Waals surface area contributed by atoms with Gasteiger partial charge in [-0.2, -0.15) is 13.2 Å². The molecule has 1 saturated carbocycles. The van der Waals surface area contributed by atoms with Crippen molar-refractivity contribution >= 4 is 17.3 Å². The van der Waals surface area contributed by atoms with E-state index in [1.807, 2.05) is 4.90 Å². The standard InChI is InChI=1S/C19H18F3NO2/c1-12-9-15(19(20,21)22)7-8-17(12)23(11-13-5-6-13)16-4-2-3-14(10-16)18(24)25/h2-4,7-10,13H,5-6,11H2,1H3,(H,24,25). The molecule has 1 N–H and O–H groups in total. The molecule has 0 bridgehead atoms. The Bertz CT molecular complexity index is 797. The first kappa shape index (κ1) is 17.3. The number of nitrogens with zero attached hydrogens (tertiary/aromatic N) is 1. The zero-order valence-corrected chi connectivity index (χ0v) is 13.7. The van der Waals surface area contributed by atoms with Crippen molar-refractivity contribution in [3.8, 4) is 0 Å². The van der Waals surface area contributed by atoms with Crippen molar-refractivity contribution in [3.63, 3.8) is 0 Å². The fraction of sp³-hybridized carbons (Fsp3) is 0.316. The summed E-state index contributed by atoms with van der Waals surface area (Å²) in [5.74, 6) is -0.549. The SMILES string of the molecule is Cc1cc(C(F)(F)F)ccc1N(CC1CC1)c1cccc(C(=O)O)c1. The number of carboxylic acids is 1. The van der Waals surface area contributed by atoms with Crippen LogP contribution in [0.15, 0.2) is 42.5 Å². The second-order valence-electron chi connectivity index (χ2n) is 6.41. The van der Waals surface area contributed by atoms with E-state index in [9.17, 15) is 23.1 Å². The second-order valence-corrected chi connectivity index (χ2v) is 6.41. The maximum Gasteiger partial charge on any atom is 0.416 e. The highest BCUT2D eigenvalue weighted by atomic mass is 19.4. The summed E-state index contributed by atoms with van der Waals surface area (Å²) in [7, 11) is 0. The molecule has 1 aliphatic carbocycles. The average molecular weight is 349 g/mol. The van der Waals surface area contributed by atoms with Crippen LogP contribution in [0, 0.1) is 12.8 Å². The summed E-state index contributed by atoms with van der Waals surface area (Å²) < 4.78 is 38.7. The molecule has 0 unspecified atom stereocenters. The molecule has 1 fully saturated rings. The zero-order chi connectivity index (χ0) is 18.2. The van der Waals surface area contributed by atoms with Gasteiger partial charge in [-0.3, -0.25) is 0 Å². The number of benzene rings is 2. The van der Waals surface area contributed by atoms with Crippen molar-refractivity contribution in [1.29, 1.82) is 0 Å². The second kappa shape index (κ2) is 6.43. The predicted molar refractivity (Wildman–Crippen MR) is 89.3 cm³/mol. The van der Waals surface area contributed by atoms with Crippen LogP contribution in [0.5, 0.6) is 0 Å². The van der Waals surface area contributed by atoms with Gasteiger partial charge in [0.1, 0.15) is 0 Å². The van der Waals surface area contributed by atoms with Crippen LogP contribution in [0.1, 0.15) is 34.3 Å². The molecule has 0 saturated heterocycles. The van der Waals surface area contributed by atoms with Crippen molar-refractivity contribution in [2.75, 3.05) is 11.4 Å². The molecule has 0 heterocycles. The van der Waals surface area contributed by atoms with Gasteiger partial charge in [0.15, 0.2) is 0 Å². The van der Waals surface area contributed by atoms with Crippen LogP contribution in [0.2, 0.25) is 0 Å². The number of hydrogen-bond acceptors (Lipinski definition) is 2. The number of rotatable bonds is 5. The van der Waals surface area contributed by atoms with Gasteiger partial charge >= 0.3 is 12.1 Å². The maximum absolute atomic E-state index is 12.9. The van der Waals surface area contributed by atoms with E-state index in [0.29, 0.717) is 29.4 Å². The fourth-order valence-corrected chi connectivity index (χ4v) is 2.84. The molecule has 6 heteroatoms. The lowest BCUT2D eigenvalue weighted by atomic mass is 10.1. The molecular formula is C19H18F3NO2. The minimum Gasteiger partial charge on any atom is -0.478 e. The van der Waals surface area contributed by atoms with Crippen LogP contribution < -0.4 is 4.90 Å². The molecule has 0 radical (unpaired) electrons. The van der Waals surface area contributed by atoms with Crippen molar-refractivity contribution in [2.45, 2.75) is 25.9 Å². The van der Waals surface area contributed by atoms with Crippen LogP contribution in [-0.2, 0) is 6.18 Å². The van der Waals surface area contributed by atoms with E-state index in [0.717, 1.165) is 25.0 Å². The van der Waals surface area contributed by atoms with Crippen molar-refractivity contribution in [1.82, 2.24) is 0 Å². The van der Waals surface area contributed by atoms with Gasteiger partial charge in [0, 0.05) is 17.9 Å². The summed E-state index contributed by atoms with van der Waals surface area (Å²) in [5, 5.41) is 9.19. The van der Waals surface area contributed by atoms with Gasteiger partial charge in [-0.25, -0.2) is 4.79 Å². The lowest BCUT2D eigenvalue weighted by Crippen LogP contribution is -2.21. The average Bonchev–Trinajstić information content (AvgIpc) is 3.36. The Morgan fingerprint density at radius 1 is 1.20 bits per heavy atom. The zero-order valence-electron chi connectivity index (χ0n) is 13.7. The van der Waals surface area contributed by atoms with Crippen molar-refractivity contribution in [2.24, 2.45) is 5.92 Å². The summed E-state index contributed by atoms with van der Waals surface area (Å²) in [6, 6.07) is 10.2. The van der Waals surface area contributed by atoms with Gasteiger partial charge in [0.2, 0.25) is 0 Å².